The summed E-state index contributed by atoms with van der Waals surface area (Å²) in [6.45, 7) is 2.29. The molecular formula is C27H21ClN4O4. The molecule has 0 spiro atoms. The number of amides is 2. The Labute approximate surface area is 211 Å². The Kier molecular flexibility index (Phi) is 4.37. The molecule has 3 saturated heterocycles. The number of carbonyl (C=O) groups excluding carboxylic acids is 2. The molecule has 7 rings (SSSR count). The first-order valence-corrected chi connectivity index (χ1v) is 12.4. The highest BCUT2D eigenvalue weighted by molar-refractivity contribution is 6.30. The molecular weight excluding hydrogens is 480 g/mol. The van der Waals surface area contributed by atoms with Crippen LogP contribution in [0.5, 0.6) is 5.88 Å². The fourth-order valence-corrected chi connectivity index (χ4v) is 7.20. The summed E-state index contributed by atoms with van der Waals surface area (Å²) in [4.78, 5) is 37.8. The number of fused-ring (bicyclic) bond motifs is 9. The molecule has 1 aromatic carbocycles. The lowest BCUT2D eigenvalue weighted by molar-refractivity contribution is -0.135. The normalized spacial score (nSPS) is 33.5. The highest BCUT2D eigenvalue weighted by atomic mass is 35.5. The van der Waals surface area contributed by atoms with Gasteiger partial charge in [-0.3, -0.25) is 14.6 Å². The zero-order valence-corrected chi connectivity index (χ0v) is 20.1. The molecule has 2 unspecified atom stereocenters. The van der Waals surface area contributed by atoms with Gasteiger partial charge >= 0.3 is 0 Å². The van der Waals surface area contributed by atoms with Crippen LogP contribution >= 0.6 is 11.6 Å². The van der Waals surface area contributed by atoms with Crippen LogP contribution in [0.25, 0.3) is 10.9 Å². The van der Waals surface area contributed by atoms with Crippen LogP contribution in [0.1, 0.15) is 25.3 Å². The van der Waals surface area contributed by atoms with Crippen molar-refractivity contribution in [2.45, 2.75) is 31.0 Å². The number of anilines is 1. The number of aromatic nitrogens is 2. The van der Waals surface area contributed by atoms with Crippen molar-refractivity contribution in [1.29, 1.82) is 5.26 Å². The summed E-state index contributed by atoms with van der Waals surface area (Å²) >= 11 is 5.92. The fourth-order valence-electron chi connectivity index (χ4n) is 7.09. The second-order valence-corrected chi connectivity index (χ2v) is 10.6. The quantitative estimate of drug-likeness (QED) is 0.489. The average molecular weight is 501 g/mol. The third-order valence-corrected chi connectivity index (χ3v) is 8.79. The van der Waals surface area contributed by atoms with Crippen molar-refractivity contribution in [2.24, 2.45) is 23.7 Å². The van der Waals surface area contributed by atoms with Crippen LogP contribution in [0.4, 0.5) is 5.69 Å². The van der Waals surface area contributed by atoms with Gasteiger partial charge in [0.05, 0.1) is 51.4 Å². The number of benzene rings is 1. The predicted octanol–water partition coefficient (Wildman–Crippen LogP) is 3.91. The molecule has 1 saturated carbocycles. The lowest BCUT2D eigenvalue weighted by Crippen LogP contribution is -2.45. The summed E-state index contributed by atoms with van der Waals surface area (Å²) in [7, 11) is 0. The van der Waals surface area contributed by atoms with E-state index in [1.165, 1.54) is 11.1 Å². The van der Waals surface area contributed by atoms with Crippen LogP contribution in [0.15, 0.2) is 48.8 Å². The SMILES string of the molecule is CC12OC(CCOc3ccc(Cl)cn3)([C@@H]3C(=O)N(c4ccc(C#N)c5ncccc45)C(=O)[C@@H]31)[C@H]1C[C@H]12. The fraction of sp³-hybridized carbons (Fsp3) is 0.370. The number of rotatable bonds is 5. The Morgan fingerprint density at radius 1 is 1.17 bits per heavy atom. The van der Waals surface area contributed by atoms with Crippen LogP contribution in [0.2, 0.25) is 5.02 Å². The lowest BCUT2D eigenvalue weighted by Gasteiger charge is -2.32. The number of halogens is 1. The van der Waals surface area contributed by atoms with Gasteiger partial charge in [0, 0.05) is 30.3 Å². The molecule has 3 aromatic rings. The molecule has 36 heavy (non-hydrogen) atoms. The van der Waals surface area contributed by atoms with Gasteiger partial charge in [-0.15, -0.1) is 0 Å². The number of nitriles is 1. The molecule has 6 atom stereocenters. The third kappa shape index (κ3) is 2.67. The summed E-state index contributed by atoms with van der Waals surface area (Å²) in [5, 5.41) is 10.6. The Bertz CT molecular complexity index is 1500. The van der Waals surface area contributed by atoms with Crippen molar-refractivity contribution in [1.82, 2.24) is 9.97 Å². The van der Waals surface area contributed by atoms with Crippen molar-refractivity contribution < 1.29 is 19.1 Å². The molecule has 3 aliphatic heterocycles. The Hall–Kier alpha value is -3.54. The summed E-state index contributed by atoms with van der Waals surface area (Å²) in [6, 6.07) is 12.4. The van der Waals surface area contributed by atoms with Gasteiger partial charge in [0.2, 0.25) is 17.7 Å². The smallest absolute Gasteiger partial charge is 0.240 e. The minimum atomic E-state index is -0.751. The largest absolute Gasteiger partial charge is 0.478 e. The molecule has 0 radical (unpaired) electrons. The summed E-state index contributed by atoms with van der Waals surface area (Å²) < 4.78 is 12.5. The van der Waals surface area contributed by atoms with Gasteiger partial charge in [-0.05, 0) is 55.5 Å². The molecule has 5 heterocycles. The van der Waals surface area contributed by atoms with Gasteiger partial charge in [-0.1, -0.05) is 11.6 Å². The van der Waals surface area contributed by atoms with Crippen molar-refractivity contribution in [3.63, 3.8) is 0 Å². The maximum atomic E-state index is 14.0. The van der Waals surface area contributed by atoms with Crippen LogP contribution in [-0.4, -0.2) is 39.6 Å². The van der Waals surface area contributed by atoms with Crippen LogP contribution in [0, 0.1) is 35.0 Å². The molecule has 4 aliphatic rings. The highest BCUT2D eigenvalue weighted by Gasteiger charge is 2.84. The summed E-state index contributed by atoms with van der Waals surface area (Å²) in [5.41, 5.74) is -0.0964. The van der Waals surface area contributed by atoms with Crippen LogP contribution in [0.3, 0.4) is 0 Å². The molecule has 2 aromatic heterocycles. The Morgan fingerprint density at radius 3 is 2.78 bits per heavy atom. The summed E-state index contributed by atoms with van der Waals surface area (Å²) in [6.07, 6.45) is 4.56. The molecule has 180 valence electrons. The number of carbonyl (C=O) groups is 2. The third-order valence-electron chi connectivity index (χ3n) is 8.57. The van der Waals surface area contributed by atoms with E-state index in [2.05, 4.69) is 16.0 Å². The molecule has 2 amide bonds. The minimum absolute atomic E-state index is 0.224. The first-order valence-electron chi connectivity index (χ1n) is 12.0. The zero-order valence-electron chi connectivity index (χ0n) is 19.3. The van der Waals surface area contributed by atoms with E-state index in [9.17, 15) is 14.9 Å². The van der Waals surface area contributed by atoms with E-state index >= 15 is 0 Å². The number of imide groups is 1. The molecule has 0 N–H and O–H groups in total. The molecule has 4 fully saturated rings. The van der Waals surface area contributed by atoms with Crippen LogP contribution in [-0.2, 0) is 14.3 Å². The Balaban J connectivity index is 1.25. The maximum Gasteiger partial charge on any atom is 0.240 e. The van der Waals surface area contributed by atoms with Gasteiger partial charge in [-0.2, -0.15) is 5.26 Å². The average Bonchev–Trinajstić information content (AvgIpc) is 3.54. The standard InChI is InChI=1S/C27H21ClN4O4/c1-26-17-11-18(17)27(36-26,8-10-35-20-7-5-15(28)13-31-20)22-21(26)24(33)32(25(22)34)19-6-4-14(12-29)23-16(19)3-2-9-30-23/h2-7,9,13,17-18,21-22H,8,10-11H2,1H3/t17-,18+,21-,22+,26?,27?/m1/s1. The topological polar surface area (TPSA) is 105 Å². The van der Waals surface area contributed by atoms with Gasteiger partial charge in [0.1, 0.15) is 6.07 Å². The number of hydrogen-bond donors (Lipinski definition) is 0. The number of ether oxygens (including phenoxy) is 2. The van der Waals surface area contributed by atoms with Crippen molar-refractivity contribution in [3.05, 3.63) is 59.4 Å². The van der Waals surface area contributed by atoms with E-state index in [-0.39, 0.29) is 23.7 Å². The highest BCUT2D eigenvalue weighted by Crippen LogP contribution is 2.75. The molecule has 1 aliphatic carbocycles. The van der Waals surface area contributed by atoms with E-state index in [0.717, 1.165) is 6.42 Å². The monoisotopic (exact) mass is 500 g/mol. The molecule has 9 heteroatoms. The first-order chi connectivity index (χ1) is 17.4. The van der Waals surface area contributed by atoms with Crippen molar-refractivity contribution in [3.8, 4) is 11.9 Å². The maximum absolute atomic E-state index is 14.0. The molecule has 2 bridgehead atoms. The van der Waals surface area contributed by atoms with E-state index in [1.54, 1.807) is 42.6 Å². The van der Waals surface area contributed by atoms with Gasteiger partial charge in [0.15, 0.2) is 0 Å². The van der Waals surface area contributed by atoms with E-state index in [4.69, 9.17) is 21.1 Å². The van der Waals surface area contributed by atoms with E-state index in [0.29, 0.717) is 46.1 Å². The Morgan fingerprint density at radius 2 is 2.00 bits per heavy atom. The van der Waals surface area contributed by atoms with Crippen molar-refractivity contribution >= 4 is 40.0 Å². The number of nitrogens with zero attached hydrogens (tertiary/aromatic N) is 4. The van der Waals surface area contributed by atoms with Gasteiger partial charge < -0.3 is 9.47 Å². The van der Waals surface area contributed by atoms with E-state index in [1.807, 2.05) is 6.92 Å². The molecule has 8 nitrogen and oxygen atoms in total. The predicted molar refractivity (Wildman–Crippen MR) is 129 cm³/mol. The number of hydrogen-bond acceptors (Lipinski definition) is 7. The van der Waals surface area contributed by atoms with E-state index < -0.39 is 23.0 Å². The summed E-state index contributed by atoms with van der Waals surface area (Å²) in [5.74, 6) is -0.698. The second-order valence-electron chi connectivity index (χ2n) is 10.2. The number of pyridine rings is 2. The van der Waals surface area contributed by atoms with Crippen LogP contribution < -0.4 is 9.64 Å². The minimum Gasteiger partial charge on any atom is -0.478 e. The lowest BCUT2D eigenvalue weighted by atomic mass is 9.67. The van der Waals surface area contributed by atoms with Gasteiger partial charge in [0.25, 0.3) is 0 Å². The second kappa shape index (κ2) is 7.25. The first kappa shape index (κ1) is 21.7. The van der Waals surface area contributed by atoms with Crippen molar-refractivity contribution in [2.75, 3.05) is 11.5 Å². The zero-order chi connectivity index (χ0) is 24.8. The van der Waals surface area contributed by atoms with Gasteiger partial charge in [-0.25, -0.2) is 9.88 Å².